The average Bonchev–Trinajstić information content (AvgIpc) is 3.15. The molecule has 1 aromatic carbocycles. The van der Waals surface area contributed by atoms with Gasteiger partial charge in [0.1, 0.15) is 5.69 Å². The van der Waals surface area contributed by atoms with Crippen LogP contribution >= 0.6 is 11.6 Å². The molecule has 2 N–H and O–H groups in total. The van der Waals surface area contributed by atoms with Gasteiger partial charge in [-0.15, -0.1) is 0 Å². The molecule has 0 unspecified atom stereocenters. The van der Waals surface area contributed by atoms with Crippen LogP contribution in [0.3, 0.4) is 0 Å². The summed E-state index contributed by atoms with van der Waals surface area (Å²) in [5.41, 5.74) is -1.92. The van der Waals surface area contributed by atoms with Gasteiger partial charge in [0.05, 0.1) is 22.7 Å². The van der Waals surface area contributed by atoms with Crippen molar-refractivity contribution in [2.75, 3.05) is 0 Å². The van der Waals surface area contributed by atoms with Crippen molar-refractivity contribution < 1.29 is 31.1 Å². The summed E-state index contributed by atoms with van der Waals surface area (Å²) >= 11 is 5.93. The van der Waals surface area contributed by atoms with Gasteiger partial charge in [-0.05, 0) is 35.9 Å². The minimum absolute atomic E-state index is 0.0939. The Morgan fingerprint density at radius 2 is 1.71 bits per heavy atom. The molecule has 0 fully saturated rings. The van der Waals surface area contributed by atoms with E-state index in [1.165, 1.54) is 30.5 Å². The topological polar surface area (TPSA) is 64.2 Å². The lowest BCUT2D eigenvalue weighted by atomic mass is 10.1. The lowest BCUT2D eigenvalue weighted by Gasteiger charge is -2.19. The van der Waals surface area contributed by atoms with Crippen molar-refractivity contribution in [3.63, 3.8) is 0 Å². The van der Waals surface area contributed by atoms with Crippen LogP contribution < -0.4 is 5.84 Å². The molecule has 0 atom stereocenters. The molecule has 0 aliphatic heterocycles. The summed E-state index contributed by atoms with van der Waals surface area (Å²) in [6.45, 7) is -0.345. The highest BCUT2D eigenvalue weighted by Crippen LogP contribution is 2.32. The Kier molecular flexibility index (Phi) is 6.01. The molecule has 2 aromatic heterocycles. The minimum atomic E-state index is -4.65. The number of hydrazine groups is 1. The van der Waals surface area contributed by atoms with Crippen molar-refractivity contribution in [2.45, 2.75) is 18.9 Å². The molecule has 0 radical (unpaired) electrons. The summed E-state index contributed by atoms with van der Waals surface area (Å²) in [6, 6.07) is 7.71. The predicted molar refractivity (Wildman–Crippen MR) is 99.1 cm³/mol. The van der Waals surface area contributed by atoms with Crippen LogP contribution in [0.1, 0.15) is 27.2 Å². The molecule has 3 rings (SSSR count). The summed E-state index contributed by atoms with van der Waals surface area (Å²) in [5, 5.41) is 0.320. The number of carbonyl (C=O) groups excluding carboxylic acids is 1. The van der Waals surface area contributed by atoms with Crippen molar-refractivity contribution in [1.29, 1.82) is 0 Å². The van der Waals surface area contributed by atoms with Gasteiger partial charge in [0.15, 0.2) is 5.82 Å². The number of halogens is 7. The van der Waals surface area contributed by atoms with Gasteiger partial charge in [0.25, 0.3) is 5.91 Å². The number of rotatable bonds is 4. The van der Waals surface area contributed by atoms with E-state index in [2.05, 4.69) is 4.98 Å². The second kappa shape index (κ2) is 8.23. The molecule has 3 aromatic rings. The summed E-state index contributed by atoms with van der Waals surface area (Å²) in [4.78, 5) is 16.4. The largest absolute Gasteiger partial charge is 0.417 e. The van der Waals surface area contributed by atoms with E-state index in [-0.39, 0.29) is 28.6 Å². The monoisotopic (exact) mass is 462 g/mol. The summed E-state index contributed by atoms with van der Waals surface area (Å²) in [6.07, 6.45) is -7.30. The van der Waals surface area contributed by atoms with Crippen LogP contribution in [0.15, 0.2) is 54.9 Å². The summed E-state index contributed by atoms with van der Waals surface area (Å²) < 4.78 is 78.2. The minimum Gasteiger partial charge on any atom is -0.295 e. The lowest BCUT2D eigenvalue weighted by molar-refractivity contribution is -0.138. The molecule has 2 heterocycles. The van der Waals surface area contributed by atoms with Crippen LogP contribution in [-0.2, 0) is 18.9 Å². The number of carbonyl (C=O) groups is 1. The third-order valence-electron chi connectivity index (χ3n) is 4.21. The molecule has 1 amide bonds. The number of nitrogens with zero attached hydrogens (tertiary/aromatic N) is 3. The van der Waals surface area contributed by atoms with Crippen LogP contribution in [0.2, 0.25) is 5.02 Å². The number of amides is 1. The molecule has 0 spiro atoms. The Morgan fingerprint density at radius 1 is 1.03 bits per heavy atom. The number of pyridine rings is 1. The highest BCUT2D eigenvalue weighted by molar-refractivity contribution is 6.32. The van der Waals surface area contributed by atoms with Gasteiger partial charge in [-0.3, -0.25) is 14.4 Å². The van der Waals surface area contributed by atoms with Crippen molar-refractivity contribution in [3.8, 4) is 5.82 Å². The molecular formula is C19H13ClF6N4O. The number of hydrogen-bond acceptors (Lipinski definition) is 3. The molecule has 31 heavy (non-hydrogen) atoms. The Labute approximate surface area is 176 Å². The van der Waals surface area contributed by atoms with E-state index in [1.54, 1.807) is 0 Å². The molecular weight excluding hydrogens is 450 g/mol. The van der Waals surface area contributed by atoms with Crippen LogP contribution in [0, 0.1) is 0 Å². The van der Waals surface area contributed by atoms with Crippen LogP contribution in [-0.4, -0.2) is 20.5 Å². The first-order chi connectivity index (χ1) is 14.4. The second-order valence-corrected chi connectivity index (χ2v) is 6.83. The molecule has 0 aliphatic carbocycles. The van der Waals surface area contributed by atoms with Gasteiger partial charge in [-0.1, -0.05) is 23.7 Å². The Hall–Kier alpha value is -3.05. The third-order valence-corrected chi connectivity index (χ3v) is 4.49. The van der Waals surface area contributed by atoms with E-state index in [0.29, 0.717) is 17.3 Å². The molecule has 5 nitrogen and oxygen atoms in total. The van der Waals surface area contributed by atoms with E-state index in [0.717, 1.165) is 16.7 Å². The van der Waals surface area contributed by atoms with E-state index in [4.69, 9.17) is 17.4 Å². The Morgan fingerprint density at radius 3 is 2.32 bits per heavy atom. The van der Waals surface area contributed by atoms with Crippen LogP contribution in [0.4, 0.5) is 26.3 Å². The van der Waals surface area contributed by atoms with Crippen molar-refractivity contribution >= 4 is 17.5 Å². The van der Waals surface area contributed by atoms with Gasteiger partial charge >= 0.3 is 12.4 Å². The zero-order valence-electron chi connectivity index (χ0n) is 15.4. The van der Waals surface area contributed by atoms with Gasteiger partial charge in [0, 0.05) is 12.4 Å². The lowest BCUT2D eigenvalue weighted by Crippen LogP contribution is -2.37. The highest BCUT2D eigenvalue weighted by Gasteiger charge is 2.32. The fourth-order valence-electron chi connectivity index (χ4n) is 2.76. The number of alkyl halides is 6. The van der Waals surface area contributed by atoms with Gasteiger partial charge in [0.2, 0.25) is 0 Å². The first-order valence-corrected chi connectivity index (χ1v) is 8.89. The van der Waals surface area contributed by atoms with Crippen molar-refractivity contribution in [1.82, 2.24) is 14.6 Å². The maximum Gasteiger partial charge on any atom is 0.417 e. The number of nitrogens with two attached hydrogens (primary N) is 1. The van der Waals surface area contributed by atoms with E-state index in [9.17, 15) is 31.1 Å². The number of hydrogen-bond donors (Lipinski definition) is 1. The maximum absolute atomic E-state index is 12.9. The van der Waals surface area contributed by atoms with E-state index < -0.39 is 29.4 Å². The molecule has 0 saturated carbocycles. The molecule has 0 bridgehead atoms. The first kappa shape index (κ1) is 22.6. The Bertz CT molecular complexity index is 1110. The molecule has 0 aliphatic rings. The quantitative estimate of drug-likeness (QED) is 0.254. The predicted octanol–water partition coefficient (Wildman–Crippen LogP) is 5.08. The highest BCUT2D eigenvalue weighted by atomic mass is 35.5. The summed E-state index contributed by atoms with van der Waals surface area (Å²) in [7, 11) is 0. The second-order valence-electron chi connectivity index (χ2n) is 6.42. The van der Waals surface area contributed by atoms with E-state index >= 15 is 0 Å². The first-order valence-electron chi connectivity index (χ1n) is 8.51. The molecule has 12 heteroatoms. The zero-order chi connectivity index (χ0) is 23.0. The van der Waals surface area contributed by atoms with Crippen molar-refractivity contribution in [2.24, 2.45) is 5.84 Å². The Balaban J connectivity index is 1.86. The fourth-order valence-corrected chi connectivity index (χ4v) is 3.02. The molecule has 0 saturated heterocycles. The van der Waals surface area contributed by atoms with Crippen molar-refractivity contribution in [3.05, 3.63) is 82.3 Å². The standard InChI is InChI=1S/C19H13ClF6N4O/c20-14-8-13(19(24,25)26)9-28-16(14)29-6-2-5-15(29)17(31)30(27)10-11-3-1-4-12(7-11)18(21,22)23/h1-9H,10,27H2. The smallest absolute Gasteiger partial charge is 0.295 e. The fraction of sp³-hybridized carbons (Fsp3) is 0.158. The SMILES string of the molecule is NN(Cc1cccc(C(F)(F)F)c1)C(=O)c1cccn1-c1ncc(C(F)(F)F)cc1Cl. The summed E-state index contributed by atoms with van der Waals surface area (Å²) in [5.74, 6) is 4.80. The number of benzene rings is 1. The third kappa shape index (κ3) is 5.00. The van der Waals surface area contributed by atoms with Gasteiger partial charge in [-0.25, -0.2) is 10.8 Å². The van der Waals surface area contributed by atoms with Crippen LogP contribution in [0.25, 0.3) is 5.82 Å². The van der Waals surface area contributed by atoms with Gasteiger partial charge in [-0.2, -0.15) is 26.3 Å². The van der Waals surface area contributed by atoms with Crippen LogP contribution in [0.5, 0.6) is 0 Å². The normalized spacial score (nSPS) is 12.1. The zero-order valence-corrected chi connectivity index (χ0v) is 16.1. The number of aromatic nitrogens is 2. The van der Waals surface area contributed by atoms with E-state index in [1.807, 2.05) is 0 Å². The maximum atomic E-state index is 12.9. The molecule has 164 valence electrons. The van der Waals surface area contributed by atoms with Gasteiger partial charge < -0.3 is 0 Å². The average molecular weight is 463 g/mol.